The Morgan fingerprint density at radius 1 is 1.04 bits per heavy atom. The van der Waals surface area contributed by atoms with Gasteiger partial charge in [0, 0.05) is 26.7 Å². The summed E-state index contributed by atoms with van der Waals surface area (Å²) in [6.07, 6.45) is 7.99. The first kappa shape index (κ1) is 19.7. The van der Waals surface area contributed by atoms with E-state index in [-0.39, 0.29) is 0 Å². The standard InChI is InChI=1S/C20H33N3O2/c1-21-20(22-13-8-15-25-19-11-6-3-7-12-19)23-14-16-24-17-18-9-4-2-5-10-18/h2,4-5,9-10,19H,3,6-8,11-17H2,1H3,(H2,21,22,23). The van der Waals surface area contributed by atoms with Crippen molar-refractivity contribution < 1.29 is 9.47 Å². The fourth-order valence-electron chi connectivity index (χ4n) is 2.99. The van der Waals surface area contributed by atoms with Gasteiger partial charge < -0.3 is 20.1 Å². The SMILES string of the molecule is CN=C(NCCCOC1CCCCC1)NCCOCc1ccccc1. The highest BCUT2D eigenvalue weighted by molar-refractivity contribution is 5.79. The molecule has 0 heterocycles. The van der Waals surface area contributed by atoms with Gasteiger partial charge >= 0.3 is 0 Å². The van der Waals surface area contributed by atoms with Gasteiger partial charge in [0.1, 0.15) is 0 Å². The molecule has 0 amide bonds. The van der Waals surface area contributed by atoms with Gasteiger partial charge in [0.05, 0.1) is 19.3 Å². The third kappa shape index (κ3) is 8.89. The molecular weight excluding hydrogens is 314 g/mol. The fraction of sp³-hybridized carbons (Fsp3) is 0.650. The summed E-state index contributed by atoms with van der Waals surface area (Å²) in [5, 5.41) is 6.59. The van der Waals surface area contributed by atoms with E-state index in [1.54, 1.807) is 7.05 Å². The molecule has 5 nitrogen and oxygen atoms in total. The minimum atomic E-state index is 0.493. The average Bonchev–Trinajstić information content (AvgIpc) is 2.67. The van der Waals surface area contributed by atoms with E-state index < -0.39 is 0 Å². The van der Waals surface area contributed by atoms with E-state index in [1.165, 1.54) is 37.7 Å². The number of benzene rings is 1. The second-order valence-electron chi connectivity index (χ2n) is 6.45. The Bertz CT molecular complexity index is 473. The number of guanidine groups is 1. The van der Waals surface area contributed by atoms with Crippen molar-refractivity contribution >= 4 is 5.96 Å². The van der Waals surface area contributed by atoms with E-state index in [4.69, 9.17) is 9.47 Å². The molecule has 0 unspecified atom stereocenters. The summed E-state index contributed by atoms with van der Waals surface area (Å²) < 4.78 is 11.6. The molecule has 2 N–H and O–H groups in total. The Morgan fingerprint density at radius 3 is 2.56 bits per heavy atom. The maximum absolute atomic E-state index is 5.93. The van der Waals surface area contributed by atoms with E-state index in [0.717, 1.165) is 32.1 Å². The van der Waals surface area contributed by atoms with Crippen LogP contribution < -0.4 is 10.6 Å². The predicted molar refractivity (Wildman–Crippen MR) is 103 cm³/mol. The maximum Gasteiger partial charge on any atom is 0.191 e. The monoisotopic (exact) mass is 347 g/mol. The largest absolute Gasteiger partial charge is 0.378 e. The molecule has 0 saturated heterocycles. The van der Waals surface area contributed by atoms with Crippen LogP contribution in [0, 0.1) is 0 Å². The third-order valence-corrected chi connectivity index (χ3v) is 4.39. The minimum absolute atomic E-state index is 0.493. The topological polar surface area (TPSA) is 54.9 Å². The summed E-state index contributed by atoms with van der Waals surface area (Å²) in [6, 6.07) is 10.2. The summed E-state index contributed by atoms with van der Waals surface area (Å²) in [5.41, 5.74) is 1.20. The second-order valence-corrected chi connectivity index (χ2v) is 6.45. The van der Waals surface area contributed by atoms with Crippen molar-refractivity contribution in [2.75, 3.05) is 33.4 Å². The van der Waals surface area contributed by atoms with Crippen molar-refractivity contribution in [3.8, 4) is 0 Å². The molecule has 0 bridgehead atoms. The number of nitrogens with zero attached hydrogens (tertiary/aromatic N) is 1. The van der Waals surface area contributed by atoms with Crippen LogP contribution in [0.5, 0.6) is 0 Å². The van der Waals surface area contributed by atoms with Crippen molar-refractivity contribution in [2.45, 2.75) is 51.2 Å². The highest BCUT2D eigenvalue weighted by Gasteiger charge is 2.12. The van der Waals surface area contributed by atoms with Crippen molar-refractivity contribution in [3.63, 3.8) is 0 Å². The Balaban J connectivity index is 1.45. The molecule has 0 aliphatic heterocycles. The van der Waals surface area contributed by atoms with Crippen LogP contribution in [0.3, 0.4) is 0 Å². The molecular formula is C20H33N3O2. The summed E-state index contributed by atoms with van der Waals surface area (Å²) in [7, 11) is 1.79. The average molecular weight is 348 g/mol. The molecule has 1 aromatic rings. The van der Waals surface area contributed by atoms with Crippen molar-refractivity contribution in [2.24, 2.45) is 4.99 Å². The van der Waals surface area contributed by atoms with Crippen LogP contribution in [-0.4, -0.2) is 45.4 Å². The van der Waals surface area contributed by atoms with E-state index in [2.05, 4.69) is 27.8 Å². The Hall–Kier alpha value is -1.59. The number of aliphatic imine (C=N–C) groups is 1. The Labute approximate surface area is 152 Å². The van der Waals surface area contributed by atoms with Gasteiger partial charge in [-0.05, 0) is 24.8 Å². The predicted octanol–water partition coefficient (Wildman–Crippen LogP) is 3.11. The van der Waals surface area contributed by atoms with Crippen LogP contribution in [0.15, 0.2) is 35.3 Å². The van der Waals surface area contributed by atoms with Gasteiger partial charge in [0.25, 0.3) is 0 Å². The zero-order valence-electron chi connectivity index (χ0n) is 15.5. The summed E-state index contributed by atoms with van der Waals surface area (Å²) >= 11 is 0. The van der Waals surface area contributed by atoms with E-state index in [9.17, 15) is 0 Å². The molecule has 2 rings (SSSR count). The molecule has 0 spiro atoms. The molecule has 1 aromatic carbocycles. The van der Waals surface area contributed by atoms with Gasteiger partial charge in [-0.15, -0.1) is 0 Å². The maximum atomic E-state index is 5.93. The Morgan fingerprint density at radius 2 is 1.80 bits per heavy atom. The Kier molecular flexibility index (Phi) is 10.0. The zero-order chi connectivity index (χ0) is 17.6. The second kappa shape index (κ2) is 12.7. The van der Waals surface area contributed by atoms with Crippen LogP contribution in [0.2, 0.25) is 0 Å². The van der Waals surface area contributed by atoms with Gasteiger partial charge in [-0.25, -0.2) is 0 Å². The van der Waals surface area contributed by atoms with Crippen LogP contribution in [-0.2, 0) is 16.1 Å². The lowest BCUT2D eigenvalue weighted by Gasteiger charge is -2.22. The van der Waals surface area contributed by atoms with E-state index >= 15 is 0 Å². The summed E-state index contributed by atoms with van der Waals surface area (Å²) in [5.74, 6) is 0.820. The molecule has 1 saturated carbocycles. The lowest BCUT2D eigenvalue weighted by atomic mass is 9.98. The molecule has 5 heteroatoms. The molecule has 1 aliphatic carbocycles. The van der Waals surface area contributed by atoms with Gasteiger partial charge in [0.15, 0.2) is 5.96 Å². The number of ether oxygens (including phenoxy) is 2. The minimum Gasteiger partial charge on any atom is -0.378 e. The van der Waals surface area contributed by atoms with Crippen LogP contribution >= 0.6 is 0 Å². The van der Waals surface area contributed by atoms with Crippen molar-refractivity contribution in [1.82, 2.24) is 10.6 Å². The lowest BCUT2D eigenvalue weighted by Crippen LogP contribution is -2.39. The molecule has 25 heavy (non-hydrogen) atoms. The molecule has 1 aliphatic rings. The first-order valence-electron chi connectivity index (χ1n) is 9.56. The van der Waals surface area contributed by atoms with Gasteiger partial charge in [-0.2, -0.15) is 0 Å². The summed E-state index contributed by atoms with van der Waals surface area (Å²) in [6.45, 7) is 3.74. The smallest absolute Gasteiger partial charge is 0.191 e. The molecule has 0 aromatic heterocycles. The summed E-state index contributed by atoms with van der Waals surface area (Å²) in [4.78, 5) is 4.23. The first-order valence-corrected chi connectivity index (χ1v) is 9.56. The third-order valence-electron chi connectivity index (χ3n) is 4.39. The van der Waals surface area contributed by atoms with Crippen molar-refractivity contribution in [1.29, 1.82) is 0 Å². The lowest BCUT2D eigenvalue weighted by molar-refractivity contribution is 0.0277. The number of hydrogen-bond acceptors (Lipinski definition) is 3. The molecule has 1 fully saturated rings. The molecule has 0 radical (unpaired) electrons. The number of hydrogen-bond donors (Lipinski definition) is 2. The van der Waals surface area contributed by atoms with E-state index in [0.29, 0.717) is 19.3 Å². The van der Waals surface area contributed by atoms with Gasteiger partial charge in [-0.1, -0.05) is 49.6 Å². The van der Waals surface area contributed by atoms with Crippen LogP contribution in [0.4, 0.5) is 0 Å². The number of nitrogens with one attached hydrogen (secondary N) is 2. The van der Waals surface area contributed by atoms with E-state index in [1.807, 2.05) is 18.2 Å². The number of rotatable bonds is 10. The highest BCUT2D eigenvalue weighted by Crippen LogP contribution is 2.20. The van der Waals surface area contributed by atoms with Crippen LogP contribution in [0.1, 0.15) is 44.1 Å². The molecule has 0 atom stereocenters. The highest BCUT2D eigenvalue weighted by atomic mass is 16.5. The van der Waals surface area contributed by atoms with Gasteiger partial charge in [0.2, 0.25) is 0 Å². The zero-order valence-corrected chi connectivity index (χ0v) is 15.5. The van der Waals surface area contributed by atoms with Crippen LogP contribution in [0.25, 0.3) is 0 Å². The van der Waals surface area contributed by atoms with Gasteiger partial charge in [-0.3, -0.25) is 4.99 Å². The normalized spacial score (nSPS) is 16.0. The fourth-order valence-corrected chi connectivity index (χ4v) is 2.99. The quantitative estimate of drug-likeness (QED) is 0.388. The van der Waals surface area contributed by atoms with Crippen molar-refractivity contribution in [3.05, 3.63) is 35.9 Å². The molecule has 140 valence electrons. The first-order chi connectivity index (χ1) is 12.4.